The van der Waals surface area contributed by atoms with Crippen LogP contribution in [-0.2, 0) is 13.0 Å². The number of allylic oxidation sites excluding steroid dienone is 1. The standard InChI is InChI=1S/C21H21N3O/c1-22-21(25)16-6-4-15(5-7-16)14-24-10-2-3-18-11-17(8-9-20(18)24)19-12-23-13-19/h4-9,11-13H,2-3,10,14H2,1H3,(H,22,25). The first kappa shape index (κ1) is 15.6. The van der Waals surface area contributed by atoms with Crippen molar-refractivity contribution in [2.24, 2.45) is 4.99 Å². The first-order valence-electron chi connectivity index (χ1n) is 8.67. The second kappa shape index (κ2) is 6.55. The number of carbonyl (C=O) groups is 1. The molecule has 0 atom stereocenters. The molecule has 0 fully saturated rings. The van der Waals surface area contributed by atoms with Crippen molar-refractivity contribution in [3.8, 4) is 0 Å². The molecule has 4 nitrogen and oxygen atoms in total. The normalized spacial score (nSPS) is 15.2. The van der Waals surface area contributed by atoms with E-state index in [9.17, 15) is 4.79 Å². The Morgan fingerprint density at radius 2 is 2.00 bits per heavy atom. The molecule has 126 valence electrons. The fourth-order valence-electron chi connectivity index (χ4n) is 3.44. The quantitative estimate of drug-likeness (QED) is 0.933. The summed E-state index contributed by atoms with van der Waals surface area (Å²) in [5.74, 6) is -0.0452. The van der Waals surface area contributed by atoms with E-state index in [-0.39, 0.29) is 5.91 Å². The van der Waals surface area contributed by atoms with Crippen LogP contribution in [0.4, 0.5) is 5.69 Å². The number of hydrogen-bond donors (Lipinski definition) is 1. The second-order valence-corrected chi connectivity index (χ2v) is 6.51. The van der Waals surface area contributed by atoms with Crippen molar-refractivity contribution in [2.75, 3.05) is 18.5 Å². The molecular weight excluding hydrogens is 310 g/mol. The molecule has 1 amide bonds. The lowest BCUT2D eigenvalue weighted by Gasteiger charge is -2.32. The SMILES string of the molecule is CNC(=O)c1ccc(CN2CCCc3cc(C4=CN=C4)ccc32)cc1. The van der Waals surface area contributed by atoms with Gasteiger partial charge in [0.05, 0.1) is 0 Å². The summed E-state index contributed by atoms with van der Waals surface area (Å²) < 4.78 is 0. The molecule has 2 aromatic carbocycles. The monoisotopic (exact) mass is 331 g/mol. The number of fused-ring (bicyclic) bond motifs is 1. The summed E-state index contributed by atoms with van der Waals surface area (Å²) in [6.45, 7) is 1.93. The van der Waals surface area contributed by atoms with Crippen molar-refractivity contribution < 1.29 is 4.79 Å². The van der Waals surface area contributed by atoms with E-state index < -0.39 is 0 Å². The van der Waals surface area contributed by atoms with Crippen LogP contribution in [0.1, 0.15) is 33.5 Å². The van der Waals surface area contributed by atoms with Crippen LogP contribution in [0.5, 0.6) is 0 Å². The Bertz CT molecular complexity index is 865. The third-order valence-corrected chi connectivity index (χ3v) is 4.87. The molecule has 0 bridgehead atoms. The number of nitrogens with one attached hydrogen (secondary N) is 1. The predicted molar refractivity (Wildman–Crippen MR) is 102 cm³/mol. The van der Waals surface area contributed by atoms with Gasteiger partial charge in [-0.2, -0.15) is 0 Å². The van der Waals surface area contributed by atoms with Gasteiger partial charge in [0.25, 0.3) is 5.91 Å². The molecule has 0 aliphatic carbocycles. The van der Waals surface area contributed by atoms with Gasteiger partial charge in [-0.3, -0.25) is 9.79 Å². The van der Waals surface area contributed by atoms with Crippen molar-refractivity contribution in [1.82, 2.24) is 5.32 Å². The first-order valence-corrected chi connectivity index (χ1v) is 8.67. The van der Waals surface area contributed by atoms with Gasteiger partial charge in [-0.25, -0.2) is 0 Å². The highest BCUT2D eigenvalue weighted by Gasteiger charge is 2.18. The van der Waals surface area contributed by atoms with Gasteiger partial charge in [-0.05, 0) is 53.8 Å². The maximum atomic E-state index is 11.7. The molecule has 2 heterocycles. The zero-order valence-corrected chi connectivity index (χ0v) is 14.3. The van der Waals surface area contributed by atoms with Crippen LogP contribution < -0.4 is 10.2 Å². The maximum absolute atomic E-state index is 11.7. The number of amides is 1. The van der Waals surface area contributed by atoms with Crippen molar-refractivity contribution in [3.63, 3.8) is 0 Å². The van der Waals surface area contributed by atoms with E-state index in [0.29, 0.717) is 5.56 Å². The average Bonchev–Trinajstić information content (AvgIpc) is 2.60. The zero-order chi connectivity index (χ0) is 17.2. The second-order valence-electron chi connectivity index (χ2n) is 6.51. The molecule has 2 aromatic rings. The van der Waals surface area contributed by atoms with Crippen molar-refractivity contribution in [2.45, 2.75) is 19.4 Å². The van der Waals surface area contributed by atoms with E-state index in [0.717, 1.165) is 19.5 Å². The van der Waals surface area contributed by atoms with Crippen LogP contribution >= 0.6 is 0 Å². The number of rotatable bonds is 4. The van der Waals surface area contributed by atoms with Gasteiger partial charge < -0.3 is 10.2 Å². The Kier molecular flexibility index (Phi) is 4.10. The van der Waals surface area contributed by atoms with Gasteiger partial charge in [-0.1, -0.05) is 18.2 Å². The molecule has 0 radical (unpaired) electrons. The highest BCUT2D eigenvalue weighted by atomic mass is 16.1. The zero-order valence-electron chi connectivity index (χ0n) is 14.3. The molecule has 0 unspecified atom stereocenters. The summed E-state index contributed by atoms with van der Waals surface area (Å²) >= 11 is 0. The number of carbonyl (C=O) groups excluding carboxylic acids is 1. The lowest BCUT2D eigenvalue weighted by Crippen LogP contribution is -2.29. The molecule has 0 saturated carbocycles. The summed E-state index contributed by atoms with van der Waals surface area (Å²) in [5.41, 5.74) is 7.12. The maximum Gasteiger partial charge on any atom is 0.251 e. The summed E-state index contributed by atoms with van der Waals surface area (Å²) in [4.78, 5) is 18.1. The summed E-state index contributed by atoms with van der Waals surface area (Å²) in [5, 5.41) is 2.66. The largest absolute Gasteiger partial charge is 0.367 e. The van der Waals surface area contributed by atoms with E-state index >= 15 is 0 Å². The lowest BCUT2D eigenvalue weighted by atomic mass is 9.95. The number of hydrogen-bond acceptors (Lipinski definition) is 3. The molecule has 0 saturated heterocycles. The fraction of sp³-hybridized carbons (Fsp3) is 0.238. The summed E-state index contributed by atoms with van der Waals surface area (Å²) in [6.07, 6.45) is 6.12. The number of benzene rings is 2. The number of anilines is 1. The molecule has 4 heteroatoms. The van der Waals surface area contributed by atoms with E-state index in [1.54, 1.807) is 7.05 Å². The van der Waals surface area contributed by atoms with E-state index in [4.69, 9.17) is 0 Å². The van der Waals surface area contributed by atoms with E-state index in [1.807, 2.05) is 36.7 Å². The lowest BCUT2D eigenvalue weighted by molar-refractivity contribution is 0.0963. The Labute approximate surface area is 147 Å². The fourth-order valence-corrected chi connectivity index (χ4v) is 3.44. The van der Waals surface area contributed by atoms with Crippen molar-refractivity contribution in [3.05, 3.63) is 70.9 Å². The highest BCUT2D eigenvalue weighted by Crippen LogP contribution is 2.31. The van der Waals surface area contributed by atoms with Crippen LogP contribution in [0.25, 0.3) is 5.57 Å². The van der Waals surface area contributed by atoms with Crippen LogP contribution in [-0.4, -0.2) is 25.7 Å². The molecule has 2 aliphatic heterocycles. The van der Waals surface area contributed by atoms with Crippen LogP contribution in [0.15, 0.2) is 53.7 Å². The third kappa shape index (κ3) is 3.07. The number of aryl methyl sites for hydroxylation is 1. The summed E-state index contributed by atoms with van der Waals surface area (Å²) in [7, 11) is 1.65. The van der Waals surface area contributed by atoms with Crippen LogP contribution in [0, 0.1) is 0 Å². The predicted octanol–water partition coefficient (Wildman–Crippen LogP) is 3.42. The minimum absolute atomic E-state index is 0.0452. The molecule has 2 aliphatic rings. The number of nitrogens with zero attached hydrogens (tertiary/aromatic N) is 2. The van der Waals surface area contributed by atoms with Gasteiger partial charge in [0, 0.05) is 49.4 Å². The Morgan fingerprint density at radius 1 is 1.20 bits per heavy atom. The first-order chi connectivity index (χ1) is 12.2. The Balaban J connectivity index is 1.53. The van der Waals surface area contributed by atoms with Crippen LogP contribution in [0.3, 0.4) is 0 Å². The van der Waals surface area contributed by atoms with Gasteiger partial charge in [0.2, 0.25) is 0 Å². The van der Waals surface area contributed by atoms with Gasteiger partial charge in [-0.15, -0.1) is 0 Å². The molecule has 0 aromatic heterocycles. The van der Waals surface area contributed by atoms with E-state index in [1.165, 1.54) is 34.4 Å². The molecule has 1 N–H and O–H groups in total. The molecule has 0 spiro atoms. The molecule has 4 rings (SSSR count). The third-order valence-electron chi connectivity index (χ3n) is 4.87. The highest BCUT2D eigenvalue weighted by molar-refractivity contribution is 6.14. The van der Waals surface area contributed by atoms with Gasteiger partial charge >= 0.3 is 0 Å². The number of aliphatic imine (C=N–C) groups is 1. The minimum Gasteiger partial charge on any atom is -0.367 e. The van der Waals surface area contributed by atoms with Gasteiger partial charge in [0.15, 0.2) is 0 Å². The molecule has 25 heavy (non-hydrogen) atoms. The van der Waals surface area contributed by atoms with Gasteiger partial charge in [0.1, 0.15) is 0 Å². The Hall–Kier alpha value is -2.88. The minimum atomic E-state index is -0.0452. The van der Waals surface area contributed by atoms with Crippen molar-refractivity contribution in [1.29, 1.82) is 0 Å². The summed E-state index contributed by atoms with van der Waals surface area (Å²) in [6, 6.07) is 14.6. The Morgan fingerprint density at radius 3 is 2.68 bits per heavy atom. The van der Waals surface area contributed by atoms with Crippen molar-refractivity contribution >= 4 is 23.4 Å². The van der Waals surface area contributed by atoms with E-state index in [2.05, 4.69) is 33.4 Å². The molecular formula is C21H21N3O. The average molecular weight is 331 g/mol. The topological polar surface area (TPSA) is 44.7 Å². The smallest absolute Gasteiger partial charge is 0.251 e. The van der Waals surface area contributed by atoms with Crippen LogP contribution in [0.2, 0.25) is 0 Å².